The number of oxime groups is 1. The lowest BCUT2D eigenvalue weighted by molar-refractivity contribution is -0.139. The minimum atomic E-state index is -0.747. The summed E-state index contributed by atoms with van der Waals surface area (Å²) in [7, 11) is 0. The van der Waals surface area contributed by atoms with Crippen LogP contribution in [0.2, 0.25) is 0 Å². The Balaban J connectivity index is 1.73. The SMILES string of the molecule is C=CCON=C1C[C@@H](C(=O)N2CCOCC2)N(C(=O)NC(=O)c2ccccc2)C1. The minimum Gasteiger partial charge on any atom is -0.392 e. The molecular weight excluding hydrogens is 376 g/mol. The van der Waals surface area contributed by atoms with E-state index in [0.717, 1.165) is 0 Å². The Morgan fingerprint density at radius 1 is 1.24 bits per heavy atom. The van der Waals surface area contributed by atoms with Crippen molar-refractivity contribution in [1.29, 1.82) is 0 Å². The van der Waals surface area contributed by atoms with E-state index in [0.29, 0.717) is 37.6 Å². The van der Waals surface area contributed by atoms with E-state index >= 15 is 0 Å². The maximum Gasteiger partial charge on any atom is 0.325 e. The average molecular weight is 400 g/mol. The van der Waals surface area contributed by atoms with Crippen molar-refractivity contribution in [2.24, 2.45) is 5.16 Å². The lowest BCUT2D eigenvalue weighted by Gasteiger charge is -2.32. The zero-order chi connectivity index (χ0) is 20.6. The number of imide groups is 1. The molecule has 2 saturated heterocycles. The quantitative estimate of drug-likeness (QED) is 0.452. The summed E-state index contributed by atoms with van der Waals surface area (Å²) in [4.78, 5) is 46.2. The zero-order valence-corrected chi connectivity index (χ0v) is 16.1. The Morgan fingerprint density at radius 2 is 1.97 bits per heavy atom. The molecule has 29 heavy (non-hydrogen) atoms. The fourth-order valence-corrected chi connectivity index (χ4v) is 3.21. The Morgan fingerprint density at radius 3 is 2.66 bits per heavy atom. The monoisotopic (exact) mass is 400 g/mol. The van der Waals surface area contributed by atoms with Gasteiger partial charge < -0.3 is 19.4 Å². The topological polar surface area (TPSA) is 101 Å². The zero-order valence-electron chi connectivity index (χ0n) is 16.1. The smallest absolute Gasteiger partial charge is 0.325 e. The van der Waals surface area contributed by atoms with Gasteiger partial charge >= 0.3 is 6.03 Å². The van der Waals surface area contributed by atoms with Crippen LogP contribution < -0.4 is 5.32 Å². The van der Waals surface area contributed by atoms with Crippen LogP contribution in [-0.2, 0) is 14.4 Å². The maximum absolute atomic E-state index is 13.0. The molecule has 0 spiro atoms. The molecule has 2 fully saturated rings. The van der Waals surface area contributed by atoms with Gasteiger partial charge in [-0.05, 0) is 12.1 Å². The van der Waals surface area contributed by atoms with Crippen molar-refractivity contribution in [1.82, 2.24) is 15.1 Å². The Labute approximate surface area is 168 Å². The van der Waals surface area contributed by atoms with E-state index in [2.05, 4.69) is 17.1 Å². The van der Waals surface area contributed by atoms with Crippen molar-refractivity contribution in [2.75, 3.05) is 39.5 Å². The second kappa shape index (κ2) is 9.83. The normalized spacial score (nSPS) is 20.4. The van der Waals surface area contributed by atoms with Crippen LogP contribution in [0, 0.1) is 0 Å². The maximum atomic E-state index is 13.0. The van der Waals surface area contributed by atoms with Crippen molar-refractivity contribution in [3.8, 4) is 0 Å². The van der Waals surface area contributed by atoms with Crippen LogP contribution in [0.25, 0.3) is 0 Å². The van der Waals surface area contributed by atoms with Gasteiger partial charge in [-0.15, -0.1) is 0 Å². The van der Waals surface area contributed by atoms with E-state index in [1.54, 1.807) is 41.3 Å². The average Bonchev–Trinajstić information content (AvgIpc) is 3.19. The van der Waals surface area contributed by atoms with E-state index in [1.165, 1.54) is 4.90 Å². The van der Waals surface area contributed by atoms with Crippen LogP contribution in [0.4, 0.5) is 4.79 Å². The summed E-state index contributed by atoms with van der Waals surface area (Å²) in [5.74, 6) is -0.717. The number of hydrogen-bond acceptors (Lipinski definition) is 6. The molecule has 2 aliphatic rings. The third kappa shape index (κ3) is 5.20. The molecule has 9 nitrogen and oxygen atoms in total. The van der Waals surface area contributed by atoms with E-state index in [-0.39, 0.29) is 25.5 Å². The van der Waals surface area contributed by atoms with Crippen LogP contribution in [0.3, 0.4) is 0 Å². The van der Waals surface area contributed by atoms with Crippen LogP contribution >= 0.6 is 0 Å². The molecule has 1 N–H and O–H groups in total. The van der Waals surface area contributed by atoms with E-state index < -0.39 is 18.0 Å². The third-order valence-electron chi connectivity index (χ3n) is 4.67. The highest BCUT2D eigenvalue weighted by Gasteiger charge is 2.41. The fraction of sp³-hybridized carbons (Fsp3) is 0.400. The molecule has 0 aromatic heterocycles. The first-order chi connectivity index (χ1) is 14.1. The number of nitrogens with one attached hydrogen (secondary N) is 1. The molecule has 2 aliphatic heterocycles. The highest BCUT2D eigenvalue weighted by atomic mass is 16.6. The first kappa shape index (κ1) is 20.5. The molecule has 0 bridgehead atoms. The van der Waals surface area contributed by atoms with E-state index in [1.807, 2.05) is 0 Å². The largest absolute Gasteiger partial charge is 0.392 e. The molecule has 3 rings (SSSR count). The number of amides is 4. The molecule has 0 unspecified atom stereocenters. The number of carbonyl (C=O) groups is 3. The van der Waals surface area contributed by atoms with Gasteiger partial charge in [0.2, 0.25) is 5.91 Å². The summed E-state index contributed by atoms with van der Waals surface area (Å²) in [6, 6.07) is 7.03. The molecule has 0 aliphatic carbocycles. The molecule has 1 aromatic rings. The molecule has 0 saturated carbocycles. The standard InChI is InChI=1S/C20H24N4O5/c1-2-10-29-22-16-13-17(19(26)23-8-11-28-12-9-23)24(14-16)20(27)21-18(25)15-6-4-3-5-7-15/h2-7,17H,1,8-14H2,(H,21,25,27)/t17-/m0/s1. The summed E-state index contributed by atoms with van der Waals surface area (Å²) < 4.78 is 5.29. The minimum absolute atomic E-state index is 0.103. The Hall–Kier alpha value is -3.20. The highest BCUT2D eigenvalue weighted by Crippen LogP contribution is 2.19. The van der Waals surface area contributed by atoms with Crippen LogP contribution in [0.5, 0.6) is 0 Å². The summed E-state index contributed by atoms with van der Waals surface area (Å²) in [5.41, 5.74) is 0.917. The van der Waals surface area contributed by atoms with E-state index in [4.69, 9.17) is 9.57 Å². The van der Waals surface area contributed by atoms with Gasteiger partial charge in [0.25, 0.3) is 5.91 Å². The second-order valence-corrected chi connectivity index (χ2v) is 6.65. The number of ether oxygens (including phenoxy) is 1. The number of morpholine rings is 1. The van der Waals surface area contributed by atoms with Gasteiger partial charge in [0, 0.05) is 25.1 Å². The number of rotatable bonds is 5. The van der Waals surface area contributed by atoms with Gasteiger partial charge in [0.1, 0.15) is 12.6 Å². The molecular formula is C20H24N4O5. The van der Waals surface area contributed by atoms with Crippen molar-refractivity contribution in [2.45, 2.75) is 12.5 Å². The van der Waals surface area contributed by atoms with Crippen LogP contribution in [0.1, 0.15) is 16.8 Å². The highest BCUT2D eigenvalue weighted by molar-refractivity contribution is 6.07. The first-order valence-corrected chi connectivity index (χ1v) is 9.42. The molecule has 1 atom stereocenters. The summed E-state index contributed by atoms with van der Waals surface area (Å²) >= 11 is 0. The summed E-state index contributed by atoms with van der Waals surface area (Å²) in [6.07, 6.45) is 1.80. The van der Waals surface area contributed by atoms with Gasteiger partial charge in [-0.2, -0.15) is 0 Å². The molecule has 1 aromatic carbocycles. The predicted molar refractivity (Wildman–Crippen MR) is 105 cm³/mol. The second-order valence-electron chi connectivity index (χ2n) is 6.65. The van der Waals surface area contributed by atoms with Crippen molar-refractivity contribution < 1.29 is 24.0 Å². The number of hydrogen-bond donors (Lipinski definition) is 1. The third-order valence-corrected chi connectivity index (χ3v) is 4.67. The lowest BCUT2D eigenvalue weighted by Crippen LogP contribution is -2.53. The van der Waals surface area contributed by atoms with Gasteiger partial charge in [0.05, 0.1) is 25.5 Å². The van der Waals surface area contributed by atoms with Gasteiger partial charge in [-0.1, -0.05) is 36.0 Å². The summed E-state index contributed by atoms with van der Waals surface area (Å²) in [5, 5.41) is 6.36. The van der Waals surface area contributed by atoms with Crippen molar-refractivity contribution in [3.05, 3.63) is 48.6 Å². The molecule has 2 heterocycles. The van der Waals surface area contributed by atoms with Crippen LogP contribution in [-0.4, -0.2) is 78.9 Å². The van der Waals surface area contributed by atoms with Gasteiger partial charge in [-0.25, -0.2) is 4.79 Å². The van der Waals surface area contributed by atoms with Crippen molar-refractivity contribution in [3.63, 3.8) is 0 Å². The number of carbonyl (C=O) groups excluding carboxylic acids is 3. The lowest BCUT2D eigenvalue weighted by atomic mass is 10.1. The van der Waals surface area contributed by atoms with Gasteiger partial charge in [-0.3, -0.25) is 14.9 Å². The Bertz CT molecular complexity index is 789. The van der Waals surface area contributed by atoms with Gasteiger partial charge in [0.15, 0.2) is 0 Å². The number of urea groups is 1. The van der Waals surface area contributed by atoms with E-state index in [9.17, 15) is 14.4 Å². The molecule has 4 amide bonds. The predicted octanol–water partition coefficient (Wildman–Crippen LogP) is 1.03. The first-order valence-electron chi connectivity index (χ1n) is 9.42. The van der Waals surface area contributed by atoms with Crippen molar-refractivity contribution >= 4 is 23.6 Å². The number of nitrogens with zero attached hydrogens (tertiary/aromatic N) is 3. The van der Waals surface area contributed by atoms with Crippen LogP contribution in [0.15, 0.2) is 48.1 Å². The molecule has 0 radical (unpaired) electrons. The Kier molecular flexibility index (Phi) is 6.96. The molecule has 154 valence electrons. The number of benzene rings is 1. The number of likely N-dealkylation sites (tertiary alicyclic amines) is 1. The fourth-order valence-electron chi connectivity index (χ4n) is 3.21. The molecule has 9 heteroatoms. The summed E-state index contributed by atoms with van der Waals surface area (Å²) in [6.45, 7) is 5.73.